The first-order valence-corrected chi connectivity index (χ1v) is 14.9. The third-order valence-corrected chi connectivity index (χ3v) is 8.76. The molecule has 1 aromatic heterocycles. The number of nitrogens with zero attached hydrogens (tertiary/aromatic N) is 3. The normalized spacial score (nSPS) is 17.5. The molecule has 0 saturated carbocycles. The highest BCUT2D eigenvalue weighted by Crippen LogP contribution is 2.45. The predicted octanol–water partition coefficient (Wildman–Crippen LogP) is 5.77. The molecule has 0 aliphatic carbocycles. The molecule has 2 aliphatic heterocycles. The van der Waals surface area contributed by atoms with Crippen molar-refractivity contribution in [1.82, 2.24) is 10.2 Å². The summed E-state index contributed by atoms with van der Waals surface area (Å²) in [5.41, 5.74) is 1.23. The van der Waals surface area contributed by atoms with Gasteiger partial charge in [-0.2, -0.15) is 0 Å². The van der Waals surface area contributed by atoms with Gasteiger partial charge >= 0.3 is 5.91 Å². The minimum atomic E-state index is -1.02. The maximum atomic E-state index is 14.1. The van der Waals surface area contributed by atoms with Crippen LogP contribution in [0, 0.1) is 5.82 Å². The predicted molar refractivity (Wildman–Crippen MR) is 156 cm³/mol. The third kappa shape index (κ3) is 5.30. The van der Waals surface area contributed by atoms with E-state index in [9.17, 15) is 19.1 Å². The molecule has 2 aliphatic rings. The van der Waals surface area contributed by atoms with Gasteiger partial charge in [0.15, 0.2) is 15.8 Å². The standard InChI is InChI=1S/C30H24FN3O6S2/c1-2-38-20-8-5-7-17(14-20)25-24(26(35)18-10-11-22-23(15-18)40-13-12-39-22)27(36)28(37)34(25)29-32-33-30(42-29)41-16-19-6-3-4-9-21(19)31/h3-11,14-15,25,35H,2,12-13,16H2,1H3/b26-24-. The molecule has 3 aromatic carbocycles. The molecular formula is C30H24FN3O6S2. The van der Waals surface area contributed by atoms with Crippen molar-refractivity contribution in [3.05, 3.63) is 94.8 Å². The molecule has 4 aromatic rings. The molecule has 1 atom stereocenters. The SMILES string of the molecule is CCOc1cccc(C2/C(=C(/O)c3ccc4c(c3)OCCO4)C(=O)C(=O)N2c2nnc(SCc3ccccc3F)s2)c1. The van der Waals surface area contributed by atoms with Crippen LogP contribution in [-0.2, 0) is 15.3 Å². The summed E-state index contributed by atoms with van der Waals surface area (Å²) in [6.07, 6.45) is 0. The van der Waals surface area contributed by atoms with E-state index in [-0.39, 0.29) is 22.3 Å². The summed E-state index contributed by atoms with van der Waals surface area (Å²) in [4.78, 5) is 28.3. The second kappa shape index (κ2) is 11.8. The highest BCUT2D eigenvalue weighted by Gasteiger charge is 2.48. The lowest BCUT2D eigenvalue weighted by molar-refractivity contribution is -0.132. The monoisotopic (exact) mass is 605 g/mol. The average Bonchev–Trinajstić information content (AvgIpc) is 3.58. The van der Waals surface area contributed by atoms with E-state index in [2.05, 4.69) is 10.2 Å². The van der Waals surface area contributed by atoms with E-state index < -0.39 is 17.7 Å². The first-order chi connectivity index (χ1) is 20.4. The number of ether oxygens (including phenoxy) is 3. The number of halogens is 1. The first kappa shape index (κ1) is 27.7. The van der Waals surface area contributed by atoms with Gasteiger partial charge < -0.3 is 19.3 Å². The molecule has 1 saturated heterocycles. The number of benzene rings is 3. The Hall–Kier alpha value is -4.42. The topological polar surface area (TPSA) is 111 Å². The maximum absolute atomic E-state index is 14.1. The zero-order chi connectivity index (χ0) is 29.2. The van der Waals surface area contributed by atoms with Gasteiger partial charge in [0.25, 0.3) is 5.78 Å². The number of ketones is 1. The number of anilines is 1. The number of aliphatic hydroxyl groups excluding tert-OH is 1. The Kier molecular flexibility index (Phi) is 7.81. The average molecular weight is 606 g/mol. The number of carbonyl (C=O) groups excluding carboxylic acids is 2. The van der Waals surface area contributed by atoms with Gasteiger partial charge in [-0.3, -0.25) is 14.5 Å². The Morgan fingerprint density at radius 3 is 2.69 bits per heavy atom. The van der Waals surface area contributed by atoms with Crippen molar-refractivity contribution >= 4 is 45.7 Å². The summed E-state index contributed by atoms with van der Waals surface area (Å²) in [6.45, 7) is 3.02. The number of aliphatic hydroxyl groups is 1. The van der Waals surface area contributed by atoms with Crippen LogP contribution in [0.5, 0.6) is 17.2 Å². The molecule has 1 fully saturated rings. The molecular weight excluding hydrogens is 581 g/mol. The van der Waals surface area contributed by atoms with Crippen molar-refractivity contribution in [3.8, 4) is 17.2 Å². The lowest BCUT2D eigenvalue weighted by Gasteiger charge is -2.23. The van der Waals surface area contributed by atoms with E-state index >= 15 is 0 Å². The molecule has 12 heteroatoms. The largest absolute Gasteiger partial charge is 0.507 e. The maximum Gasteiger partial charge on any atom is 0.301 e. The summed E-state index contributed by atoms with van der Waals surface area (Å²) >= 11 is 2.37. The number of aromatic nitrogens is 2. The Morgan fingerprint density at radius 1 is 1.07 bits per heavy atom. The van der Waals surface area contributed by atoms with Crippen LogP contribution >= 0.6 is 23.1 Å². The first-order valence-electron chi connectivity index (χ1n) is 13.1. The molecule has 0 bridgehead atoms. The van der Waals surface area contributed by atoms with Crippen LogP contribution in [0.25, 0.3) is 5.76 Å². The fraction of sp³-hybridized carbons (Fsp3) is 0.200. The summed E-state index contributed by atoms with van der Waals surface area (Å²) in [5.74, 6) is -0.620. The summed E-state index contributed by atoms with van der Waals surface area (Å²) in [5, 5.41) is 20.1. The van der Waals surface area contributed by atoms with Gasteiger partial charge in [0.1, 0.15) is 30.5 Å². The summed E-state index contributed by atoms with van der Waals surface area (Å²) < 4.78 is 31.5. The zero-order valence-electron chi connectivity index (χ0n) is 22.3. The minimum Gasteiger partial charge on any atom is -0.507 e. The number of hydrogen-bond donors (Lipinski definition) is 1. The Balaban J connectivity index is 1.41. The second-order valence-corrected chi connectivity index (χ2v) is 11.4. The van der Waals surface area contributed by atoms with Crippen molar-refractivity contribution in [1.29, 1.82) is 0 Å². The highest BCUT2D eigenvalue weighted by atomic mass is 32.2. The smallest absolute Gasteiger partial charge is 0.301 e. The van der Waals surface area contributed by atoms with Crippen LogP contribution in [0.2, 0.25) is 0 Å². The zero-order valence-corrected chi connectivity index (χ0v) is 23.9. The van der Waals surface area contributed by atoms with Gasteiger partial charge in [-0.1, -0.05) is 53.4 Å². The molecule has 1 N–H and O–H groups in total. The summed E-state index contributed by atoms with van der Waals surface area (Å²) in [6, 6.07) is 17.2. The van der Waals surface area contributed by atoms with Crippen LogP contribution < -0.4 is 19.1 Å². The van der Waals surface area contributed by atoms with Gasteiger partial charge in [0.05, 0.1) is 18.2 Å². The molecule has 0 spiro atoms. The lowest BCUT2D eigenvalue weighted by atomic mass is 9.95. The number of Topliss-reactive ketones (excluding diaryl/α,β-unsaturated/α-hetero) is 1. The molecule has 42 heavy (non-hydrogen) atoms. The molecule has 1 amide bonds. The van der Waals surface area contributed by atoms with Crippen molar-refractivity contribution in [2.24, 2.45) is 0 Å². The van der Waals surface area contributed by atoms with Crippen molar-refractivity contribution in [3.63, 3.8) is 0 Å². The number of carbonyl (C=O) groups is 2. The lowest BCUT2D eigenvalue weighted by Crippen LogP contribution is -2.29. The van der Waals surface area contributed by atoms with Gasteiger partial charge in [-0.25, -0.2) is 4.39 Å². The summed E-state index contributed by atoms with van der Waals surface area (Å²) in [7, 11) is 0. The van der Waals surface area contributed by atoms with E-state index in [1.807, 2.05) is 6.92 Å². The minimum absolute atomic E-state index is 0.110. The van der Waals surface area contributed by atoms with E-state index in [1.165, 1.54) is 22.7 Å². The van der Waals surface area contributed by atoms with Gasteiger partial charge in [-0.05, 0) is 54.4 Å². The van der Waals surface area contributed by atoms with E-state index in [0.29, 0.717) is 63.9 Å². The van der Waals surface area contributed by atoms with Crippen LogP contribution in [0.15, 0.2) is 76.6 Å². The number of fused-ring (bicyclic) bond motifs is 1. The number of amides is 1. The number of rotatable bonds is 8. The van der Waals surface area contributed by atoms with Gasteiger partial charge in [-0.15, -0.1) is 10.2 Å². The number of hydrogen-bond acceptors (Lipinski definition) is 10. The van der Waals surface area contributed by atoms with Crippen molar-refractivity contribution < 1.29 is 33.3 Å². The molecule has 0 radical (unpaired) electrons. The van der Waals surface area contributed by atoms with Gasteiger partial charge in [0.2, 0.25) is 5.13 Å². The number of thioether (sulfide) groups is 1. The Morgan fingerprint density at radius 2 is 1.88 bits per heavy atom. The van der Waals surface area contributed by atoms with E-state index in [1.54, 1.807) is 60.7 Å². The van der Waals surface area contributed by atoms with Crippen LogP contribution in [0.3, 0.4) is 0 Å². The van der Waals surface area contributed by atoms with Crippen LogP contribution in [0.4, 0.5) is 9.52 Å². The van der Waals surface area contributed by atoms with Crippen molar-refractivity contribution in [2.75, 3.05) is 24.7 Å². The highest BCUT2D eigenvalue weighted by molar-refractivity contribution is 8.00. The Labute approximate surface area is 248 Å². The van der Waals surface area contributed by atoms with E-state index in [4.69, 9.17) is 14.2 Å². The van der Waals surface area contributed by atoms with Gasteiger partial charge in [0, 0.05) is 11.3 Å². The van der Waals surface area contributed by atoms with Crippen LogP contribution in [-0.4, -0.2) is 46.8 Å². The molecule has 1 unspecified atom stereocenters. The van der Waals surface area contributed by atoms with Crippen molar-refractivity contribution in [2.45, 2.75) is 23.1 Å². The Bertz CT molecular complexity index is 1710. The quantitative estimate of drug-likeness (QED) is 0.0880. The third-order valence-electron chi connectivity index (χ3n) is 6.66. The van der Waals surface area contributed by atoms with E-state index in [0.717, 1.165) is 11.3 Å². The van der Waals surface area contributed by atoms with Crippen LogP contribution in [0.1, 0.15) is 29.7 Å². The fourth-order valence-corrected chi connectivity index (χ4v) is 6.60. The molecule has 3 heterocycles. The molecule has 214 valence electrons. The second-order valence-electron chi connectivity index (χ2n) is 9.26. The fourth-order valence-electron chi connectivity index (χ4n) is 4.75. The molecule has 9 nitrogen and oxygen atoms in total. The molecule has 6 rings (SSSR count).